The highest BCUT2D eigenvalue weighted by atomic mass is 16.6. The molecular weight excluding hydrogens is 360 g/mol. The average Bonchev–Trinajstić information content (AvgIpc) is 3.11. The van der Waals surface area contributed by atoms with Crippen LogP contribution in [0.25, 0.3) is 0 Å². The Hall–Kier alpha value is -3.61. The molecule has 0 fully saturated rings. The summed E-state index contributed by atoms with van der Waals surface area (Å²) in [4.78, 5) is 24.7. The second-order valence-corrected chi connectivity index (χ2v) is 6.14. The largest absolute Gasteiger partial charge is 0.488 e. The molecule has 1 unspecified atom stereocenters. The van der Waals surface area contributed by atoms with Gasteiger partial charge in [-0.3, -0.25) is 10.1 Å². The van der Waals surface area contributed by atoms with Gasteiger partial charge in [-0.2, -0.15) is 0 Å². The summed E-state index contributed by atoms with van der Waals surface area (Å²) < 4.78 is 16.0. The molecule has 0 aliphatic rings. The number of esters is 1. The molecule has 7 nitrogen and oxygen atoms in total. The number of carbonyl (C=O) groups is 2. The van der Waals surface area contributed by atoms with Gasteiger partial charge in [0.1, 0.15) is 17.9 Å². The highest BCUT2D eigenvalue weighted by molar-refractivity contribution is 5.97. The first kappa shape index (κ1) is 19.2. The number of aryl methyl sites for hydroxylation is 1. The van der Waals surface area contributed by atoms with Crippen LogP contribution in [-0.2, 0) is 16.1 Å². The lowest BCUT2D eigenvalue weighted by Crippen LogP contribution is -2.30. The lowest BCUT2D eigenvalue weighted by molar-refractivity contribution is -0.123. The smallest absolute Gasteiger partial charge is 0.342 e. The van der Waals surface area contributed by atoms with Gasteiger partial charge in [-0.25, -0.2) is 4.79 Å². The van der Waals surface area contributed by atoms with Gasteiger partial charge in [-0.1, -0.05) is 47.6 Å². The van der Waals surface area contributed by atoms with Gasteiger partial charge in [-0.15, -0.1) is 0 Å². The van der Waals surface area contributed by atoms with Crippen LogP contribution < -0.4 is 10.1 Å². The number of anilines is 1. The van der Waals surface area contributed by atoms with E-state index >= 15 is 0 Å². The van der Waals surface area contributed by atoms with Crippen molar-refractivity contribution in [2.75, 3.05) is 5.32 Å². The Balaban J connectivity index is 1.62. The fraction of sp³-hybridized carbons (Fsp3) is 0.190. The first-order valence-corrected chi connectivity index (χ1v) is 8.74. The van der Waals surface area contributed by atoms with E-state index in [1.807, 2.05) is 30.3 Å². The predicted octanol–water partition coefficient (Wildman–Crippen LogP) is 3.75. The number of hydrogen-bond acceptors (Lipinski definition) is 6. The number of hydrogen-bond donors (Lipinski definition) is 1. The Morgan fingerprint density at radius 2 is 1.82 bits per heavy atom. The summed E-state index contributed by atoms with van der Waals surface area (Å²) in [6, 6.07) is 17.9. The van der Waals surface area contributed by atoms with Gasteiger partial charge in [0.15, 0.2) is 6.10 Å². The molecule has 2 aromatic carbocycles. The number of nitrogens with one attached hydrogen (secondary N) is 1. The van der Waals surface area contributed by atoms with E-state index in [4.69, 9.17) is 14.0 Å². The van der Waals surface area contributed by atoms with Crippen molar-refractivity contribution >= 4 is 17.8 Å². The van der Waals surface area contributed by atoms with Crippen molar-refractivity contribution in [3.05, 3.63) is 77.5 Å². The molecule has 0 spiro atoms. The maximum Gasteiger partial charge on any atom is 0.342 e. The van der Waals surface area contributed by atoms with Gasteiger partial charge < -0.3 is 14.0 Å². The molecule has 7 heteroatoms. The number of nitrogens with zero attached hydrogens (tertiary/aromatic N) is 1. The lowest BCUT2D eigenvalue weighted by Gasteiger charge is -2.14. The molecule has 1 heterocycles. The van der Waals surface area contributed by atoms with Crippen LogP contribution in [0.1, 0.15) is 28.5 Å². The Labute approximate surface area is 162 Å². The molecule has 144 valence electrons. The zero-order valence-corrected chi connectivity index (χ0v) is 15.5. The van der Waals surface area contributed by atoms with E-state index in [0.29, 0.717) is 18.1 Å². The topological polar surface area (TPSA) is 90.7 Å². The Kier molecular flexibility index (Phi) is 6.06. The van der Waals surface area contributed by atoms with Gasteiger partial charge in [0, 0.05) is 6.07 Å². The minimum atomic E-state index is -1.03. The van der Waals surface area contributed by atoms with E-state index in [1.165, 1.54) is 6.92 Å². The van der Waals surface area contributed by atoms with Crippen LogP contribution >= 0.6 is 0 Å². The summed E-state index contributed by atoms with van der Waals surface area (Å²) in [6.45, 7) is 3.52. The summed E-state index contributed by atoms with van der Waals surface area (Å²) in [5.74, 6) is -0.598. The second kappa shape index (κ2) is 8.85. The number of rotatable bonds is 7. The number of amides is 1. The summed E-state index contributed by atoms with van der Waals surface area (Å²) in [5.41, 5.74) is 1.85. The molecule has 3 aromatic rings. The molecule has 1 atom stereocenters. The highest BCUT2D eigenvalue weighted by Gasteiger charge is 2.22. The third kappa shape index (κ3) is 4.97. The zero-order valence-electron chi connectivity index (χ0n) is 15.5. The number of aromatic nitrogens is 1. The monoisotopic (exact) mass is 380 g/mol. The molecule has 28 heavy (non-hydrogen) atoms. The van der Waals surface area contributed by atoms with Crippen LogP contribution in [0.5, 0.6) is 5.75 Å². The quantitative estimate of drug-likeness (QED) is 0.628. The molecule has 1 amide bonds. The molecular formula is C21H20N2O5. The van der Waals surface area contributed by atoms with Gasteiger partial charge in [0.25, 0.3) is 5.91 Å². The normalized spacial score (nSPS) is 11.5. The van der Waals surface area contributed by atoms with Gasteiger partial charge in [0.05, 0.1) is 5.69 Å². The van der Waals surface area contributed by atoms with Crippen molar-refractivity contribution in [3.8, 4) is 5.75 Å². The molecule has 1 N–H and O–H groups in total. The van der Waals surface area contributed by atoms with Gasteiger partial charge in [-0.05, 0) is 31.5 Å². The van der Waals surface area contributed by atoms with Crippen LogP contribution in [0.2, 0.25) is 0 Å². The van der Waals surface area contributed by atoms with E-state index < -0.39 is 18.0 Å². The summed E-state index contributed by atoms with van der Waals surface area (Å²) >= 11 is 0. The van der Waals surface area contributed by atoms with Crippen molar-refractivity contribution in [1.29, 1.82) is 0 Å². The second-order valence-electron chi connectivity index (χ2n) is 6.14. The first-order valence-electron chi connectivity index (χ1n) is 8.74. The van der Waals surface area contributed by atoms with Crippen LogP contribution in [0, 0.1) is 6.92 Å². The van der Waals surface area contributed by atoms with E-state index in [2.05, 4.69) is 10.5 Å². The van der Waals surface area contributed by atoms with Crippen molar-refractivity contribution in [3.63, 3.8) is 0 Å². The Morgan fingerprint density at radius 3 is 2.54 bits per heavy atom. The van der Waals surface area contributed by atoms with Crippen molar-refractivity contribution in [2.24, 2.45) is 0 Å². The van der Waals surface area contributed by atoms with Gasteiger partial charge >= 0.3 is 5.97 Å². The number of carbonyl (C=O) groups excluding carboxylic acids is 2. The Morgan fingerprint density at radius 1 is 1.11 bits per heavy atom. The minimum Gasteiger partial charge on any atom is -0.488 e. The molecule has 0 bridgehead atoms. The van der Waals surface area contributed by atoms with Gasteiger partial charge in [0.2, 0.25) is 5.88 Å². The molecule has 1 aromatic heterocycles. The van der Waals surface area contributed by atoms with Crippen molar-refractivity contribution in [1.82, 2.24) is 5.16 Å². The van der Waals surface area contributed by atoms with E-state index in [1.54, 1.807) is 37.3 Å². The minimum absolute atomic E-state index is 0.192. The first-order chi connectivity index (χ1) is 13.5. The fourth-order valence-corrected chi connectivity index (χ4v) is 2.42. The third-order valence-electron chi connectivity index (χ3n) is 3.87. The zero-order chi connectivity index (χ0) is 19.9. The maximum atomic E-state index is 12.5. The Bertz CT molecular complexity index is 952. The summed E-state index contributed by atoms with van der Waals surface area (Å²) in [7, 11) is 0. The van der Waals surface area contributed by atoms with E-state index in [0.717, 1.165) is 5.56 Å². The highest BCUT2D eigenvalue weighted by Crippen LogP contribution is 2.21. The third-order valence-corrected chi connectivity index (χ3v) is 3.87. The fourth-order valence-electron chi connectivity index (χ4n) is 2.42. The average molecular weight is 380 g/mol. The standard InChI is InChI=1S/C21H20N2O5/c1-14-12-19(28-23-14)22-20(24)15(2)27-21(25)17-10-6-7-11-18(17)26-13-16-8-4-3-5-9-16/h3-12,15H,13H2,1-2H3,(H,22,24). The lowest BCUT2D eigenvalue weighted by atomic mass is 10.2. The number of ether oxygens (including phenoxy) is 2. The molecule has 0 aliphatic heterocycles. The van der Waals surface area contributed by atoms with Crippen molar-refractivity contribution in [2.45, 2.75) is 26.6 Å². The van der Waals surface area contributed by atoms with Crippen LogP contribution in [0.3, 0.4) is 0 Å². The van der Waals surface area contributed by atoms with Crippen LogP contribution in [0.15, 0.2) is 65.2 Å². The van der Waals surface area contributed by atoms with Crippen LogP contribution in [-0.4, -0.2) is 23.1 Å². The molecule has 3 rings (SSSR count). The summed E-state index contributed by atoms with van der Waals surface area (Å²) in [6.07, 6.45) is -1.03. The molecule has 0 saturated heterocycles. The molecule has 0 radical (unpaired) electrons. The summed E-state index contributed by atoms with van der Waals surface area (Å²) in [5, 5.41) is 6.18. The molecule has 0 saturated carbocycles. The van der Waals surface area contributed by atoms with Crippen LogP contribution in [0.4, 0.5) is 5.88 Å². The number of benzene rings is 2. The number of para-hydroxylation sites is 1. The predicted molar refractivity (Wildman–Crippen MR) is 102 cm³/mol. The maximum absolute atomic E-state index is 12.5. The van der Waals surface area contributed by atoms with Crippen molar-refractivity contribution < 1.29 is 23.6 Å². The molecule has 0 aliphatic carbocycles. The van der Waals surface area contributed by atoms with E-state index in [-0.39, 0.29) is 11.4 Å². The van der Waals surface area contributed by atoms with E-state index in [9.17, 15) is 9.59 Å². The SMILES string of the molecule is Cc1cc(NC(=O)C(C)OC(=O)c2ccccc2OCc2ccccc2)on1.